The van der Waals surface area contributed by atoms with Crippen LogP contribution in [0.4, 0.5) is 20.7 Å². The summed E-state index contributed by atoms with van der Waals surface area (Å²) in [5, 5.41) is 2.84. The van der Waals surface area contributed by atoms with Gasteiger partial charge in [0.25, 0.3) is 5.91 Å². The summed E-state index contributed by atoms with van der Waals surface area (Å²) in [6.07, 6.45) is 11.4. The van der Waals surface area contributed by atoms with Crippen molar-refractivity contribution in [2.24, 2.45) is 11.8 Å². The van der Waals surface area contributed by atoms with Crippen molar-refractivity contribution in [3.63, 3.8) is 0 Å². The second-order valence-electron chi connectivity index (χ2n) is 11.5. The molecule has 2 fully saturated rings. The standard InChI is InChI=1S/C28H38ClFN6O3/c1-28(2,3)39-27(38)36-13-9-20(10-14-36)6-4-5-19-7-11-35(12-8-19)22-15-24(30)32-16-21(22)26(37)34-25-18-31-17-23(29)33-25/h15-20H,4-14H2,1-3H3,(H,33,34,37). The Kier molecular flexibility index (Phi) is 9.58. The summed E-state index contributed by atoms with van der Waals surface area (Å²) in [7, 11) is 0. The first-order chi connectivity index (χ1) is 18.6. The molecule has 39 heavy (non-hydrogen) atoms. The second-order valence-corrected chi connectivity index (χ2v) is 11.9. The van der Waals surface area contributed by atoms with E-state index >= 15 is 0 Å². The number of aromatic nitrogens is 3. The molecule has 0 unspecified atom stereocenters. The summed E-state index contributed by atoms with van der Waals surface area (Å²) in [5.74, 6) is 0.414. The number of likely N-dealkylation sites (tertiary alicyclic amines) is 1. The third-order valence-corrected chi connectivity index (χ3v) is 7.57. The predicted octanol–water partition coefficient (Wildman–Crippen LogP) is 5.95. The Morgan fingerprint density at radius 3 is 2.31 bits per heavy atom. The number of nitrogens with one attached hydrogen (secondary N) is 1. The van der Waals surface area contributed by atoms with Gasteiger partial charge in [0, 0.05) is 38.4 Å². The molecule has 2 aromatic heterocycles. The smallest absolute Gasteiger partial charge is 0.410 e. The Hall–Kier alpha value is -3.01. The lowest BCUT2D eigenvalue weighted by Crippen LogP contribution is -2.41. The van der Waals surface area contributed by atoms with Crippen LogP contribution in [0.15, 0.2) is 24.7 Å². The van der Waals surface area contributed by atoms with Crippen molar-refractivity contribution in [2.45, 2.75) is 71.3 Å². The van der Waals surface area contributed by atoms with Gasteiger partial charge in [0.15, 0.2) is 5.82 Å². The van der Waals surface area contributed by atoms with Crippen molar-refractivity contribution in [2.75, 3.05) is 36.4 Å². The van der Waals surface area contributed by atoms with Crippen molar-refractivity contribution in [3.8, 4) is 0 Å². The molecule has 11 heteroatoms. The summed E-state index contributed by atoms with van der Waals surface area (Å²) in [6.45, 7) is 8.71. The number of hydrogen-bond acceptors (Lipinski definition) is 7. The van der Waals surface area contributed by atoms with Crippen molar-refractivity contribution >= 4 is 35.1 Å². The number of carbonyl (C=O) groups excluding carboxylic acids is 2. The van der Waals surface area contributed by atoms with Crippen molar-refractivity contribution in [1.82, 2.24) is 19.9 Å². The van der Waals surface area contributed by atoms with E-state index in [0.29, 0.717) is 17.5 Å². The first kappa shape index (κ1) is 29.0. The van der Waals surface area contributed by atoms with Gasteiger partial charge in [-0.3, -0.25) is 9.78 Å². The first-order valence-electron chi connectivity index (χ1n) is 13.7. The second kappa shape index (κ2) is 12.9. The molecule has 0 bridgehead atoms. The van der Waals surface area contributed by atoms with Gasteiger partial charge in [0.2, 0.25) is 5.95 Å². The predicted molar refractivity (Wildman–Crippen MR) is 149 cm³/mol. The SMILES string of the molecule is CC(C)(C)OC(=O)N1CCC(CCCC2CCN(c3cc(F)ncc3C(=O)Nc3cncc(Cl)n3)CC2)CC1. The zero-order valence-corrected chi connectivity index (χ0v) is 23.7. The number of pyridine rings is 1. The first-order valence-corrected chi connectivity index (χ1v) is 14.1. The number of rotatable bonds is 7. The Balaban J connectivity index is 1.22. The highest BCUT2D eigenvalue weighted by Crippen LogP contribution is 2.31. The number of halogens is 2. The number of amides is 2. The number of nitrogens with zero attached hydrogens (tertiary/aromatic N) is 5. The normalized spacial score (nSPS) is 17.3. The van der Waals surface area contributed by atoms with Crippen LogP contribution < -0.4 is 10.2 Å². The lowest BCUT2D eigenvalue weighted by Gasteiger charge is -2.35. The van der Waals surface area contributed by atoms with Crippen LogP contribution in [0, 0.1) is 17.8 Å². The van der Waals surface area contributed by atoms with Gasteiger partial charge in [0.05, 0.1) is 23.6 Å². The highest BCUT2D eigenvalue weighted by molar-refractivity contribution is 6.29. The van der Waals surface area contributed by atoms with Crippen LogP contribution in [0.25, 0.3) is 0 Å². The molecule has 0 aromatic carbocycles. The van der Waals surface area contributed by atoms with E-state index in [1.807, 2.05) is 25.7 Å². The maximum absolute atomic E-state index is 14.1. The van der Waals surface area contributed by atoms with Gasteiger partial charge in [-0.15, -0.1) is 0 Å². The molecule has 4 rings (SSSR count). The average molecular weight is 561 g/mol. The number of anilines is 2. The summed E-state index contributed by atoms with van der Waals surface area (Å²) in [6, 6.07) is 1.32. The van der Waals surface area contributed by atoms with Gasteiger partial charge in [-0.1, -0.05) is 30.9 Å². The zero-order chi connectivity index (χ0) is 28.0. The van der Waals surface area contributed by atoms with Crippen LogP contribution in [0.1, 0.15) is 76.1 Å². The minimum absolute atomic E-state index is 0.165. The monoisotopic (exact) mass is 560 g/mol. The van der Waals surface area contributed by atoms with E-state index in [-0.39, 0.29) is 22.6 Å². The topological polar surface area (TPSA) is 101 Å². The quantitative estimate of drug-likeness (QED) is 0.417. The average Bonchev–Trinajstić information content (AvgIpc) is 2.88. The van der Waals surface area contributed by atoms with E-state index in [4.69, 9.17) is 16.3 Å². The van der Waals surface area contributed by atoms with E-state index < -0.39 is 17.5 Å². The largest absolute Gasteiger partial charge is 0.444 e. The molecule has 0 spiro atoms. The molecule has 9 nitrogen and oxygen atoms in total. The number of carbonyl (C=O) groups is 2. The third-order valence-electron chi connectivity index (χ3n) is 7.39. The number of ether oxygens (including phenoxy) is 1. The van der Waals surface area contributed by atoms with Crippen LogP contribution in [-0.4, -0.2) is 63.6 Å². The summed E-state index contributed by atoms with van der Waals surface area (Å²) >= 11 is 5.86. The van der Waals surface area contributed by atoms with Crippen molar-refractivity contribution in [1.29, 1.82) is 0 Å². The molecule has 0 saturated carbocycles. The minimum Gasteiger partial charge on any atom is -0.444 e. The molecule has 0 radical (unpaired) electrons. The van der Waals surface area contributed by atoms with Gasteiger partial charge in [-0.2, -0.15) is 4.39 Å². The number of hydrogen-bond donors (Lipinski definition) is 1. The summed E-state index contributed by atoms with van der Waals surface area (Å²) < 4.78 is 19.6. The molecule has 2 aliphatic heterocycles. The van der Waals surface area contributed by atoms with Gasteiger partial charge in [0.1, 0.15) is 10.8 Å². The Bertz CT molecular complexity index is 1140. The molecule has 2 amide bonds. The molecule has 2 saturated heterocycles. The van der Waals surface area contributed by atoms with Gasteiger partial charge in [-0.05, 0) is 58.3 Å². The molecule has 4 heterocycles. The molecule has 0 aliphatic carbocycles. The summed E-state index contributed by atoms with van der Waals surface area (Å²) in [5.41, 5.74) is 0.356. The van der Waals surface area contributed by atoms with E-state index in [9.17, 15) is 14.0 Å². The molecule has 0 atom stereocenters. The third kappa shape index (κ3) is 8.49. The minimum atomic E-state index is -0.621. The van der Waals surface area contributed by atoms with Crippen LogP contribution in [0.2, 0.25) is 5.15 Å². The van der Waals surface area contributed by atoms with Gasteiger partial charge < -0.3 is 19.9 Å². The highest BCUT2D eigenvalue weighted by Gasteiger charge is 2.28. The van der Waals surface area contributed by atoms with E-state index in [0.717, 1.165) is 58.3 Å². The van der Waals surface area contributed by atoms with Crippen LogP contribution in [-0.2, 0) is 4.74 Å². The maximum Gasteiger partial charge on any atom is 0.410 e. The summed E-state index contributed by atoms with van der Waals surface area (Å²) in [4.78, 5) is 40.8. The fraction of sp³-hybridized carbons (Fsp3) is 0.607. The molecule has 2 aromatic rings. The van der Waals surface area contributed by atoms with E-state index in [1.54, 1.807) is 0 Å². The lowest BCUT2D eigenvalue weighted by molar-refractivity contribution is 0.0180. The number of piperidine rings is 2. The van der Waals surface area contributed by atoms with Gasteiger partial charge >= 0.3 is 6.09 Å². The Morgan fingerprint density at radius 1 is 1.05 bits per heavy atom. The maximum atomic E-state index is 14.1. The molecular formula is C28H38ClFN6O3. The fourth-order valence-corrected chi connectivity index (χ4v) is 5.48. The van der Waals surface area contributed by atoms with Gasteiger partial charge in [-0.25, -0.2) is 14.8 Å². The van der Waals surface area contributed by atoms with Crippen molar-refractivity contribution in [3.05, 3.63) is 41.3 Å². The fourth-order valence-electron chi connectivity index (χ4n) is 5.33. The van der Waals surface area contributed by atoms with Crippen molar-refractivity contribution < 1.29 is 18.7 Å². The Morgan fingerprint density at radius 2 is 1.69 bits per heavy atom. The van der Waals surface area contributed by atoms with E-state index in [1.165, 1.54) is 37.5 Å². The lowest BCUT2D eigenvalue weighted by atomic mass is 9.86. The Labute approximate surface area is 234 Å². The molecular weight excluding hydrogens is 523 g/mol. The van der Waals surface area contributed by atoms with E-state index in [2.05, 4.69) is 25.2 Å². The molecule has 212 valence electrons. The molecule has 2 aliphatic rings. The highest BCUT2D eigenvalue weighted by atomic mass is 35.5. The molecule has 1 N–H and O–H groups in total. The zero-order valence-electron chi connectivity index (χ0n) is 23.0. The van der Waals surface area contributed by atoms with Crippen LogP contribution in [0.5, 0.6) is 0 Å². The van der Waals surface area contributed by atoms with Crippen LogP contribution in [0.3, 0.4) is 0 Å². The van der Waals surface area contributed by atoms with Crippen LogP contribution >= 0.6 is 11.6 Å².